The van der Waals surface area contributed by atoms with Crippen LogP contribution in [0.25, 0.3) is 5.70 Å². The molecule has 1 aromatic rings. The molecule has 0 radical (unpaired) electrons. The number of aryl methyl sites for hydroxylation is 1. The Bertz CT molecular complexity index is 482. The number of nitrogens with zero attached hydrogens (tertiary/aromatic N) is 1. The first-order chi connectivity index (χ1) is 9.74. The Morgan fingerprint density at radius 3 is 2.55 bits per heavy atom. The molecule has 0 aliphatic heterocycles. The first-order valence-electron chi connectivity index (χ1n) is 8.16. The molecule has 0 spiro atoms. The molecule has 0 atom stereocenters. The van der Waals surface area contributed by atoms with Crippen LogP contribution in [0.15, 0.2) is 18.8 Å². The largest absolute Gasteiger partial charge is 0.382 e. The number of nitrogens with one attached hydrogen (secondary N) is 1. The first kappa shape index (κ1) is 13.7. The minimum Gasteiger partial charge on any atom is -0.382 e. The van der Waals surface area contributed by atoms with Gasteiger partial charge in [-0.25, -0.2) is 0 Å². The molecule has 2 fully saturated rings. The van der Waals surface area contributed by atoms with Crippen LogP contribution in [-0.2, 0) is 0 Å². The maximum absolute atomic E-state index is 4.71. The standard InChI is InChI=1S/C18H26N2/c1-13-11-17(18(19-12-13)15-7-6-8-15)14(2)20-16-9-4-3-5-10-16/h11-12,15-16,20H,2-10H2,1H3. The summed E-state index contributed by atoms with van der Waals surface area (Å²) in [7, 11) is 0. The average Bonchev–Trinajstić information content (AvgIpc) is 2.40. The predicted molar refractivity (Wildman–Crippen MR) is 84.6 cm³/mol. The second-order valence-corrected chi connectivity index (χ2v) is 6.53. The van der Waals surface area contributed by atoms with Crippen molar-refractivity contribution in [1.29, 1.82) is 0 Å². The zero-order valence-corrected chi connectivity index (χ0v) is 12.6. The van der Waals surface area contributed by atoms with Crippen LogP contribution in [0.5, 0.6) is 0 Å². The zero-order chi connectivity index (χ0) is 13.9. The summed E-state index contributed by atoms with van der Waals surface area (Å²) in [4.78, 5) is 4.71. The lowest BCUT2D eigenvalue weighted by atomic mass is 9.80. The second kappa shape index (κ2) is 5.99. The van der Waals surface area contributed by atoms with Crippen LogP contribution in [0.4, 0.5) is 0 Å². The fraction of sp³-hybridized carbons (Fsp3) is 0.611. The summed E-state index contributed by atoms with van der Waals surface area (Å²) < 4.78 is 0. The zero-order valence-electron chi connectivity index (χ0n) is 12.6. The van der Waals surface area contributed by atoms with Crippen molar-refractivity contribution in [1.82, 2.24) is 10.3 Å². The van der Waals surface area contributed by atoms with Gasteiger partial charge in [-0.3, -0.25) is 4.98 Å². The quantitative estimate of drug-likeness (QED) is 0.868. The molecule has 1 N–H and O–H groups in total. The highest BCUT2D eigenvalue weighted by Crippen LogP contribution is 2.38. The number of aromatic nitrogens is 1. The van der Waals surface area contributed by atoms with Gasteiger partial charge in [-0.05, 0) is 44.2 Å². The van der Waals surface area contributed by atoms with Crippen LogP contribution < -0.4 is 5.32 Å². The molecule has 2 aliphatic rings. The molecular weight excluding hydrogens is 244 g/mol. The van der Waals surface area contributed by atoms with Gasteiger partial charge < -0.3 is 5.32 Å². The van der Waals surface area contributed by atoms with Gasteiger partial charge in [-0.15, -0.1) is 0 Å². The van der Waals surface area contributed by atoms with E-state index >= 15 is 0 Å². The van der Waals surface area contributed by atoms with Crippen LogP contribution in [-0.4, -0.2) is 11.0 Å². The summed E-state index contributed by atoms with van der Waals surface area (Å²) in [6, 6.07) is 2.88. The van der Waals surface area contributed by atoms with Crippen LogP contribution in [0.1, 0.15) is 74.1 Å². The SMILES string of the molecule is C=C(NC1CCCCC1)c1cc(C)cnc1C1CCC1. The Labute approximate surface area is 122 Å². The number of hydrogen-bond acceptors (Lipinski definition) is 2. The van der Waals surface area contributed by atoms with Gasteiger partial charge in [0.25, 0.3) is 0 Å². The highest BCUT2D eigenvalue weighted by Gasteiger charge is 2.25. The highest BCUT2D eigenvalue weighted by molar-refractivity contribution is 5.65. The molecule has 3 rings (SSSR count). The summed E-state index contributed by atoms with van der Waals surface area (Å²) in [6.07, 6.45) is 12.6. The molecule has 0 aromatic carbocycles. The third-order valence-electron chi connectivity index (χ3n) is 4.86. The molecule has 2 nitrogen and oxygen atoms in total. The number of hydrogen-bond donors (Lipinski definition) is 1. The van der Waals surface area contributed by atoms with Gasteiger partial charge in [0, 0.05) is 29.4 Å². The topological polar surface area (TPSA) is 24.9 Å². The minimum absolute atomic E-state index is 0.617. The fourth-order valence-corrected chi connectivity index (χ4v) is 3.40. The lowest BCUT2D eigenvalue weighted by molar-refractivity contribution is 0.403. The molecule has 1 aromatic heterocycles. The van der Waals surface area contributed by atoms with E-state index in [0.29, 0.717) is 12.0 Å². The van der Waals surface area contributed by atoms with Crippen LogP contribution in [0.3, 0.4) is 0 Å². The molecule has 0 saturated heterocycles. The Hall–Kier alpha value is -1.31. The normalized spacial score (nSPS) is 20.4. The lowest BCUT2D eigenvalue weighted by Gasteiger charge is -2.29. The van der Waals surface area contributed by atoms with Crippen molar-refractivity contribution in [3.05, 3.63) is 35.7 Å². The van der Waals surface area contributed by atoms with Crippen LogP contribution in [0, 0.1) is 6.92 Å². The van der Waals surface area contributed by atoms with Crippen molar-refractivity contribution in [3.8, 4) is 0 Å². The summed E-state index contributed by atoms with van der Waals surface area (Å²) in [5, 5.41) is 3.67. The Balaban J connectivity index is 1.76. The van der Waals surface area contributed by atoms with E-state index in [1.807, 2.05) is 6.20 Å². The molecule has 108 valence electrons. The highest BCUT2D eigenvalue weighted by atomic mass is 14.9. The Morgan fingerprint density at radius 1 is 1.15 bits per heavy atom. The fourth-order valence-electron chi connectivity index (χ4n) is 3.40. The van der Waals surface area contributed by atoms with E-state index in [9.17, 15) is 0 Å². The van der Waals surface area contributed by atoms with Crippen LogP contribution in [0.2, 0.25) is 0 Å². The molecular formula is C18H26N2. The molecule has 2 aliphatic carbocycles. The molecule has 2 saturated carbocycles. The maximum Gasteiger partial charge on any atom is 0.0527 e. The van der Waals surface area contributed by atoms with Gasteiger partial charge in [-0.2, -0.15) is 0 Å². The van der Waals surface area contributed by atoms with Gasteiger partial charge in [0.15, 0.2) is 0 Å². The Kier molecular flexibility index (Phi) is 4.09. The molecule has 20 heavy (non-hydrogen) atoms. The van der Waals surface area contributed by atoms with Crippen molar-refractivity contribution in [3.63, 3.8) is 0 Å². The molecule has 0 unspecified atom stereocenters. The summed E-state index contributed by atoms with van der Waals surface area (Å²) in [5.41, 5.74) is 4.86. The summed E-state index contributed by atoms with van der Waals surface area (Å²) in [6.45, 7) is 6.43. The Morgan fingerprint density at radius 2 is 1.90 bits per heavy atom. The van der Waals surface area contributed by atoms with Gasteiger partial charge in [0.2, 0.25) is 0 Å². The summed E-state index contributed by atoms with van der Waals surface area (Å²) >= 11 is 0. The number of pyridine rings is 1. The third kappa shape index (κ3) is 2.89. The van der Waals surface area contributed by atoms with Gasteiger partial charge in [0.05, 0.1) is 5.69 Å². The van der Waals surface area contributed by atoms with Gasteiger partial charge >= 0.3 is 0 Å². The van der Waals surface area contributed by atoms with Crippen molar-refractivity contribution in [2.45, 2.75) is 70.3 Å². The number of rotatable bonds is 4. The van der Waals surface area contributed by atoms with Crippen molar-refractivity contribution >= 4 is 5.70 Å². The van der Waals surface area contributed by atoms with E-state index in [1.165, 1.54) is 68.2 Å². The van der Waals surface area contributed by atoms with Crippen LogP contribution >= 0.6 is 0 Å². The predicted octanol–water partition coefficient (Wildman–Crippen LogP) is 4.55. The van der Waals surface area contributed by atoms with Gasteiger partial charge in [0.1, 0.15) is 0 Å². The van der Waals surface area contributed by atoms with E-state index in [4.69, 9.17) is 4.98 Å². The van der Waals surface area contributed by atoms with E-state index in [2.05, 4.69) is 24.9 Å². The van der Waals surface area contributed by atoms with Crippen molar-refractivity contribution in [2.75, 3.05) is 0 Å². The van der Waals surface area contributed by atoms with Crippen molar-refractivity contribution in [2.24, 2.45) is 0 Å². The molecule has 0 amide bonds. The first-order valence-corrected chi connectivity index (χ1v) is 8.16. The van der Waals surface area contributed by atoms with Crippen molar-refractivity contribution < 1.29 is 0 Å². The van der Waals surface area contributed by atoms with E-state index in [-0.39, 0.29) is 0 Å². The average molecular weight is 270 g/mol. The van der Waals surface area contributed by atoms with E-state index in [1.54, 1.807) is 0 Å². The van der Waals surface area contributed by atoms with Gasteiger partial charge in [-0.1, -0.05) is 32.3 Å². The maximum atomic E-state index is 4.71. The summed E-state index contributed by atoms with van der Waals surface area (Å²) in [5.74, 6) is 0.663. The second-order valence-electron chi connectivity index (χ2n) is 6.53. The smallest absolute Gasteiger partial charge is 0.0527 e. The molecule has 2 heteroatoms. The lowest BCUT2D eigenvalue weighted by Crippen LogP contribution is -2.30. The minimum atomic E-state index is 0.617. The third-order valence-corrected chi connectivity index (χ3v) is 4.86. The molecule has 1 heterocycles. The van der Waals surface area contributed by atoms with E-state index < -0.39 is 0 Å². The molecule has 0 bridgehead atoms. The van der Waals surface area contributed by atoms with E-state index in [0.717, 1.165) is 5.70 Å². The monoisotopic (exact) mass is 270 g/mol.